The minimum Gasteiger partial charge on any atom is -0.482 e. The Hall–Kier alpha value is -2.54. The summed E-state index contributed by atoms with van der Waals surface area (Å²) in [5.41, 5.74) is 0.519. The van der Waals surface area contributed by atoms with Gasteiger partial charge in [0, 0.05) is 5.69 Å². The van der Waals surface area contributed by atoms with E-state index in [-0.39, 0.29) is 11.2 Å². The lowest BCUT2D eigenvalue weighted by Crippen LogP contribution is -2.46. The van der Waals surface area contributed by atoms with Crippen LogP contribution in [0.25, 0.3) is 0 Å². The largest absolute Gasteiger partial charge is 0.482 e. The van der Waals surface area contributed by atoms with Crippen LogP contribution in [0.3, 0.4) is 0 Å². The molecule has 0 bridgehead atoms. The van der Waals surface area contributed by atoms with Gasteiger partial charge in [-0.3, -0.25) is 4.79 Å². The Morgan fingerprint density at radius 1 is 0.964 bits per heavy atom. The van der Waals surface area contributed by atoms with Gasteiger partial charge in [-0.15, -0.1) is 0 Å². The molecule has 0 saturated heterocycles. The van der Waals surface area contributed by atoms with E-state index in [1.54, 1.807) is 43.3 Å². The van der Waals surface area contributed by atoms with Crippen molar-refractivity contribution in [2.75, 3.05) is 5.32 Å². The molecule has 2 atom stereocenters. The Morgan fingerprint density at radius 3 is 2.21 bits per heavy atom. The number of sulfone groups is 1. The Labute approximate surface area is 164 Å². The smallest absolute Gasteiger partial charge is 0.269 e. The summed E-state index contributed by atoms with van der Waals surface area (Å²) >= 11 is 0. The molecule has 0 aromatic heterocycles. The van der Waals surface area contributed by atoms with E-state index in [9.17, 15) is 13.2 Å². The highest BCUT2D eigenvalue weighted by Gasteiger charge is 2.34. The van der Waals surface area contributed by atoms with Crippen molar-refractivity contribution in [1.29, 1.82) is 0 Å². The van der Waals surface area contributed by atoms with E-state index < -0.39 is 22.0 Å². The highest BCUT2D eigenvalue weighted by atomic mass is 32.2. The average Bonchev–Trinajstić information content (AvgIpc) is 3.23. The number of fused-ring (bicyclic) bond motifs is 1. The van der Waals surface area contributed by atoms with Crippen LogP contribution < -0.4 is 14.8 Å². The van der Waals surface area contributed by atoms with Gasteiger partial charge in [-0.2, -0.15) is 0 Å². The molecular weight excluding hydrogens is 378 g/mol. The van der Waals surface area contributed by atoms with Crippen LogP contribution in [0.1, 0.15) is 32.6 Å². The van der Waals surface area contributed by atoms with E-state index in [1.165, 1.54) is 0 Å². The first-order valence-corrected chi connectivity index (χ1v) is 11.1. The molecule has 7 heteroatoms. The van der Waals surface area contributed by atoms with Gasteiger partial charge in [-0.05, 0) is 56.2 Å². The van der Waals surface area contributed by atoms with Gasteiger partial charge < -0.3 is 14.8 Å². The summed E-state index contributed by atoms with van der Waals surface area (Å²) in [6.07, 6.45) is 2.12. The van der Waals surface area contributed by atoms with Gasteiger partial charge in [-0.1, -0.05) is 25.0 Å². The Morgan fingerprint density at radius 2 is 1.57 bits per heavy atom. The number of nitrogens with one attached hydrogen (secondary N) is 1. The number of benzene rings is 2. The van der Waals surface area contributed by atoms with E-state index in [2.05, 4.69) is 5.32 Å². The molecule has 2 aliphatic rings. The topological polar surface area (TPSA) is 81.7 Å². The van der Waals surface area contributed by atoms with Crippen molar-refractivity contribution in [1.82, 2.24) is 0 Å². The molecule has 1 saturated carbocycles. The fourth-order valence-electron chi connectivity index (χ4n) is 3.74. The second-order valence-electron chi connectivity index (χ2n) is 7.27. The van der Waals surface area contributed by atoms with E-state index in [0.717, 1.165) is 25.7 Å². The number of carbonyl (C=O) groups excluding carboxylic acids is 1. The van der Waals surface area contributed by atoms with Crippen LogP contribution >= 0.6 is 0 Å². The SMILES string of the molecule is C[C@@H]1Oc2ccccc2O[C@@H]1C(=O)Nc1ccc(S(=O)(=O)C2CCCC2)cc1. The first-order chi connectivity index (χ1) is 13.4. The molecule has 1 heterocycles. The maximum atomic E-state index is 12.7. The first kappa shape index (κ1) is 18.8. The number of carbonyl (C=O) groups is 1. The van der Waals surface area contributed by atoms with E-state index in [0.29, 0.717) is 22.1 Å². The van der Waals surface area contributed by atoms with Crippen LogP contribution in [0.2, 0.25) is 0 Å². The molecule has 1 N–H and O–H groups in total. The summed E-state index contributed by atoms with van der Waals surface area (Å²) in [4.78, 5) is 12.9. The molecule has 1 fully saturated rings. The zero-order valence-electron chi connectivity index (χ0n) is 15.6. The van der Waals surface area contributed by atoms with Gasteiger partial charge in [0.25, 0.3) is 5.91 Å². The molecule has 2 aromatic carbocycles. The van der Waals surface area contributed by atoms with Crippen molar-refractivity contribution >= 4 is 21.4 Å². The van der Waals surface area contributed by atoms with Crippen LogP contribution in [0.15, 0.2) is 53.4 Å². The molecule has 1 amide bonds. The Bertz CT molecular complexity index is 965. The van der Waals surface area contributed by atoms with E-state index in [1.807, 2.05) is 12.1 Å². The fourth-order valence-corrected chi connectivity index (χ4v) is 5.59. The van der Waals surface area contributed by atoms with Crippen LogP contribution in [0, 0.1) is 0 Å². The molecule has 0 unspecified atom stereocenters. The van der Waals surface area contributed by atoms with Gasteiger partial charge >= 0.3 is 0 Å². The average molecular weight is 401 g/mol. The van der Waals surface area contributed by atoms with Crippen LogP contribution in [-0.4, -0.2) is 31.8 Å². The van der Waals surface area contributed by atoms with Crippen molar-refractivity contribution < 1.29 is 22.7 Å². The number of ether oxygens (including phenoxy) is 2. The van der Waals surface area contributed by atoms with Crippen molar-refractivity contribution in [2.24, 2.45) is 0 Å². The lowest BCUT2D eigenvalue weighted by Gasteiger charge is -2.31. The van der Waals surface area contributed by atoms with Gasteiger partial charge in [0.1, 0.15) is 6.10 Å². The summed E-state index contributed by atoms with van der Waals surface area (Å²) in [6.45, 7) is 1.78. The molecule has 1 aliphatic carbocycles. The van der Waals surface area contributed by atoms with Gasteiger partial charge in [0.05, 0.1) is 10.1 Å². The number of rotatable bonds is 4. The second kappa shape index (κ2) is 7.47. The maximum Gasteiger partial charge on any atom is 0.269 e. The molecule has 0 spiro atoms. The fraction of sp³-hybridized carbons (Fsp3) is 0.381. The van der Waals surface area contributed by atoms with Crippen molar-refractivity contribution in [3.05, 3.63) is 48.5 Å². The molecule has 148 valence electrons. The third-order valence-corrected chi connectivity index (χ3v) is 7.57. The monoisotopic (exact) mass is 401 g/mol. The minimum atomic E-state index is -3.30. The van der Waals surface area contributed by atoms with Gasteiger partial charge in [-0.25, -0.2) is 8.42 Å². The number of para-hydroxylation sites is 2. The highest BCUT2D eigenvalue weighted by Crippen LogP contribution is 2.34. The summed E-state index contributed by atoms with van der Waals surface area (Å²) in [7, 11) is -3.30. The molecule has 4 rings (SSSR count). The van der Waals surface area contributed by atoms with E-state index >= 15 is 0 Å². The summed E-state index contributed by atoms with van der Waals surface area (Å²) < 4.78 is 36.9. The molecule has 1 aliphatic heterocycles. The maximum absolute atomic E-state index is 12.7. The van der Waals surface area contributed by atoms with Crippen molar-refractivity contribution in [3.8, 4) is 11.5 Å². The standard InChI is InChI=1S/C21H23NO5S/c1-14-20(27-19-9-5-4-8-18(19)26-14)21(23)22-15-10-12-17(13-11-15)28(24,25)16-6-2-3-7-16/h4-5,8-14,16,20H,2-3,6-7H2,1H3,(H,22,23)/t14-,20-/m0/s1. The molecule has 6 nitrogen and oxygen atoms in total. The highest BCUT2D eigenvalue weighted by molar-refractivity contribution is 7.92. The van der Waals surface area contributed by atoms with Crippen LogP contribution in [0.4, 0.5) is 5.69 Å². The van der Waals surface area contributed by atoms with Crippen LogP contribution in [-0.2, 0) is 14.6 Å². The Balaban J connectivity index is 1.45. The predicted molar refractivity (Wildman–Crippen MR) is 105 cm³/mol. The Kier molecular flexibility index (Phi) is 5.02. The summed E-state index contributed by atoms with van der Waals surface area (Å²) in [6, 6.07) is 13.5. The molecule has 0 radical (unpaired) electrons. The van der Waals surface area contributed by atoms with Crippen LogP contribution in [0.5, 0.6) is 11.5 Å². The van der Waals surface area contributed by atoms with E-state index in [4.69, 9.17) is 9.47 Å². The second-order valence-corrected chi connectivity index (χ2v) is 9.50. The van der Waals surface area contributed by atoms with Crippen molar-refractivity contribution in [3.63, 3.8) is 0 Å². The minimum absolute atomic E-state index is 0.290. The number of anilines is 1. The normalized spacial score (nSPS) is 22.0. The number of hydrogen-bond acceptors (Lipinski definition) is 5. The molecule has 28 heavy (non-hydrogen) atoms. The summed E-state index contributed by atoms with van der Waals surface area (Å²) in [5, 5.41) is 2.49. The van der Waals surface area contributed by atoms with Gasteiger partial charge in [0.2, 0.25) is 6.10 Å². The molecular formula is C21H23NO5S. The lowest BCUT2D eigenvalue weighted by molar-refractivity contribution is -0.128. The predicted octanol–water partition coefficient (Wildman–Crippen LogP) is 3.57. The zero-order chi connectivity index (χ0) is 19.7. The van der Waals surface area contributed by atoms with Crippen molar-refractivity contribution in [2.45, 2.75) is 55.0 Å². The quantitative estimate of drug-likeness (QED) is 0.847. The molecule has 2 aromatic rings. The van der Waals surface area contributed by atoms with Gasteiger partial charge in [0.15, 0.2) is 21.3 Å². The number of amides is 1. The zero-order valence-corrected chi connectivity index (χ0v) is 16.4. The lowest BCUT2D eigenvalue weighted by atomic mass is 10.1. The third-order valence-electron chi connectivity index (χ3n) is 5.29. The third kappa shape index (κ3) is 3.58. The first-order valence-electron chi connectivity index (χ1n) is 9.52. The number of hydrogen-bond donors (Lipinski definition) is 1. The summed E-state index contributed by atoms with van der Waals surface area (Å²) in [5.74, 6) is 0.799.